The quantitative estimate of drug-likeness (QED) is 0.591. The monoisotopic (exact) mass is 319 g/mol. The molecule has 3 atom stereocenters. The van der Waals surface area contributed by atoms with E-state index < -0.39 is 0 Å². The molecule has 1 aromatic heterocycles. The first kappa shape index (κ1) is 16.2. The van der Waals surface area contributed by atoms with Crippen molar-refractivity contribution in [3.05, 3.63) is 18.5 Å². The number of hydrogen-bond acceptors (Lipinski definition) is 6. The van der Waals surface area contributed by atoms with Gasteiger partial charge < -0.3 is 14.4 Å². The van der Waals surface area contributed by atoms with Gasteiger partial charge >= 0.3 is 5.97 Å². The van der Waals surface area contributed by atoms with E-state index in [-0.39, 0.29) is 12.0 Å². The molecule has 0 aromatic carbocycles. The van der Waals surface area contributed by atoms with E-state index in [0.29, 0.717) is 31.1 Å². The zero-order valence-corrected chi connectivity index (χ0v) is 13.7. The summed E-state index contributed by atoms with van der Waals surface area (Å²) < 4.78 is 10.5. The van der Waals surface area contributed by atoms with Crippen molar-refractivity contribution in [2.45, 2.75) is 50.6 Å². The SMILES string of the molecule is COCCCOC(=O)[C@@H]1C[C@@H]2CCCC[C@@H]2N1c1ncccn1. The van der Waals surface area contributed by atoms with Crippen LogP contribution in [-0.2, 0) is 14.3 Å². The van der Waals surface area contributed by atoms with Crippen LogP contribution in [0.2, 0.25) is 0 Å². The molecular weight excluding hydrogens is 294 g/mol. The highest BCUT2D eigenvalue weighted by Crippen LogP contribution is 2.41. The minimum atomic E-state index is -0.256. The average molecular weight is 319 g/mol. The summed E-state index contributed by atoms with van der Waals surface area (Å²) in [5.41, 5.74) is 0. The summed E-state index contributed by atoms with van der Waals surface area (Å²) >= 11 is 0. The van der Waals surface area contributed by atoms with E-state index in [1.54, 1.807) is 25.6 Å². The lowest BCUT2D eigenvalue weighted by Gasteiger charge is -2.33. The van der Waals surface area contributed by atoms with Crippen molar-refractivity contribution in [2.24, 2.45) is 5.92 Å². The third-order valence-corrected chi connectivity index (χ3v) is 4.88. The Morgan fingerprint density at radius 1 is 1.26 bits per heavy atom. The number of carbonyl (C=O) groups excluding carboxylic acids is 1. The summed E-state index contributed by atoms with van der Waals surface area (Å²) in [7, 11) is 1.65. The Labute approximate surface area is 137 Å². The van der Waals surface area contributed by atoms with Crippen LogP contribution in [0.1, 0.15) is 38.5 Å². The molecule has 126 valence electrons. The highest BCUT2D eigenvalue weighted by molar-refractivity contribution is 5.80. The average Bonchev–Trinajstić information content (AvgIpc) is 2.99. The van der Waals surface area contributed by atoms with Crippen molar-refractivity contribution in [3.8, 4) is 0 Å². The molecule has 2 heterocycles. The second kappa shape index (κ2) is 7.73. The molecule has 0 N–H and O–H groups in total. The van der Waals surface area contributed by atoms with E-state index >= 15 is 0 Å². The van der Waals surface area contributed by atoms with Gasteiger partial charge in [0.25, 0.3) is 0 Å². The smallest absolute Gasteiger partial charge is 0.328 e. The van der Waals surface area contributed by atoms with Crippen LogP contribution in [0.25, 0.3) is 0 Å². The van der Waals surface area contributed by atoms with Crippen LogP contribution in [0.5, 0.6) is 0 Å². The van der Waals surface area contributed by atoms with Crippen molar-refractivity contribution in [1.82, 2.24) is 9.97 Å². The number of ether oxygens (including phenoxy) is 2. The fourth-order valence-corrected chi connectivity index (χ4v) is 3.85. The molecule has 1 saturated carbocycles. The molecule has 0 amide bonds. The van der Waals surface area contributed by atoms with Gasteiger partial charge in [0.15, 0.2) is 0 Å². The number of fused-ring (bicyclic) bond motifs is 1. The topological polar surface area (TPSA) is 64.6 Å². The summed E-state index contributed by atoms with van der Waals surface area (Å²) in [6.45, 7) is 1.01. The minimum absolute atomic E-state index is 0.150. The first-order chi connectivity index (χ1) is 11.3. The molecular formula is C17H25N3O3. The third-order valence-electron chi connectivity index (χ3n) is 4.88. The van der Waals surface area contributed by atoms with Crippen molar-refractivity contribution < 1.29 is 14.3 Å². The van der Waals surface area contributed by atoms with Gasteiger partial charge in [-0.2, -0.15) is 0 Å². The second-order valence-electron chi connectivity index (χ2n) is 6.33. The molecule has 0 radical (unpaired) electrons. The standard InChI is InChI=1S/C17H25N3O3/c1-22-10-5-11-23-16(21)15-12-13-6-2-3-7-14(13)20(15)17-18-8-4-9-19-17/h4,8-9,13-15H,2-3,5-7,10-12H2,1H3/t13-,14-,15-/m0/s1. The molecule has 2 aliphatic rings. The lowest BCUT2D eigenvalue weighted by atomic mass is 9.85. The zero-order chi connectivity index (χ0) is 16.1. The number of esters is 1. The van der Waals surface area contributed by atoms with Crippen LogP contribution in [0, 0.1) is 5.92 Å². The molecule has 0 unspecified atom stereocenters. The van der Waals surface area contributed by atoms with E-state index in [1.807, 2.05) is 0 Å². The maximum Gasteiger partial charge on any atom is 0.328 e. The third kappa shape index (κ3) is 3.63. The van der Waals surface area contributed by atoms with Gasteiger partial charge in [-0.15, -0.1) is 0 Å². The number of nitrogens with zero attached hydrogens (tertiary/aromatic N) is 3. The van der Waals surface area contributed by atoms with Crippen LogP contribution in [0.4, 0.5) is 5.95 Å². The van der Waals surface area contributed by atoms with E-state index in [4.69, 9.17) is 9.47 Å². The fraction of sp³-hybridized carbons (Fsp3) is 0.706. The number of methoxy groups -OCH3 is 1. The predicted molar refractivity (Wildman–Crippen MR) is 86.1 cm³/mol. The Morgan fingerprint density at radius 3 is 2.83 bits per heavy atom. The van der Waals surface area contributed by atoms with E-state index in [2.05, 4.69) is 14.9 Å². The van der Waals surface area contributed by atoms with Crippen molar-refractivity contribution in [1.29, 1.82) is 0 Å². The Hall–Kier alpha value is -1.69. The Bertz CT molecular complexity index is 511. The number of rotatable bonds is 6. The van der Waals surface area contributed by atoms with Gasteiger partial charge in [-0.3, -0.25) is 0 Å². The molecule has 1 saturated heterocycles. The molecule has 2 fully saturated rings. The summed E-state index contributed by atoms with van der Waals surface area (Å²) in [6.07, 6.45) is 9.80. The van der Waals surface area contributed by atoms with Gasteiger partial charge in [0.2, 0.25) is 5.95 Å². The molecule has 3 rings (SSSR count). The highest BCUT2D eigenvalue weighted by atomic mass is 16.5. The van der Waals surface area contributed by atoms with Crippen LogP contribution >= 0.6 is 0 Å². The van der Waals surface area contributed by atoms with Crippen LogP contribution < -0.4 is 4.90 Å². The predicted octanol–water partition coefficient (Wildman–Crippen LogP) is 2.19. The molecule has 0 bridgehead atoms. The number of anilines is 1. The van der Waals surface area contributed by atoms with Gasteiger partial charge in [-0.1, -0.05) is 12.8 Å². The summed E-state index contributed by atoms with van der Waals surface area (Å²) in [6, 6.07) is 1.91. The first-order valence-electron chi connectivity index (χ1n) is 8.52. The normalized spacial score (nSPS) is 26.8. The Kier molecular flexibility index (Phi) is 5.43. The van der Waals surface area contributed by atoms with Crippen molar-refractivity contribution in [2.75, 3.05) is 25.2 Å². The lowest BCUT2D eigenvalue weighted by molar-refractivity contribution is -0.145. The second-order valence-corrected chi connectivity index (χ2v) is 6.33. The largest absolute Gasteiger partial charge is 0.464 e. The molecule has 6 heteroatoms. The Balaban J connectivity index is 1.72. The number of hydrogen-bond donors (Lipinski definition) is 0. The van der Waals surface area contributed by atoms with Gasteiger partial charge in [-0.25, -0.2) is 14.8 Å². The van der Waals surface area contributed by atoms with Crippen molar-refractivity contribution >= 4 is 11.9 Å². The number of carbonyl (C=O) groups is 1. The van der Waals surface area contributed by atoms with Gasteiger partial charge in [0.05, 0.1) is 6.61 Å². The van der Waals surface area contributed by atoms with Gasteiger partial charge in [-0.05, 0) is 31.2 Å². The Morgan fingerprint density at radius 2 is 2.04 bits per heavy atom. The van der Waals surface area contributed by atoms with Crippen LogP contribution in [0.15, 0.2) is 18.5 Å². The molecule has 6 nitrogen and oxygen atoms in total. The first-order valence-corrected chi connectivity index (χ1v) is 8.52. The fourth-order valence-electron chi connectivity index (χ4n) is 3.85. The molecule has 23 heavy (non-hydrogen) atoms. The maximum atomic E-state index is 12.6. The van der Waals surface area contributed by atoms with Crippen LogP contribution in [-0.4, -0.2) is 48.3 Å². The number of aromatic nitrogens is 2. The van der Waals surface area contributed by atoms with E-state index in [1.165, 1.54) is 19.3 Å². The zero-order valence-electron chi connectivity index (χ0n) is 13.7. The molecule has 1 aromatic rings. The molecule has 0 spiro atoms. The van der Waals surface area contributed by atoms with Gasteiger partial charge in [0, 0.05) is 38.6 Å². The van der Waals surface area contributed by atoms with Crippen molar-refractivity contribution in [3.63, 3.8) is 0 Å². The minimum Gasteiger partial charge on any atom is -0.464 e. The highest BCUT2D eigenvalue weighted by Gasteiger charge is 2.46. The van der Waals surface area contributed by atoms with Gasteiger partial charge in [0.1, 0.15) is 6.04 Å². The molecule has 1 aliphatic carbocycles. The molecule has 1 aliphatic heterocycles. The van der Waals surface area contributed by atoms with E-state index in [9.17, 15) is 4.79 Å². The summed E-state index contributed by atoms with van der Waals surface area (Å²) in [4.78, 5) is 23.5. The van der Waals surface area contributed by atoms with Crippen LogP contribution in [0.3, 0.4) is 0 Å². The summed E-state index contributed by atoms with van der Waals surface area (Å²) in [5.74, 6) is 1.05. The summed E-state index contributed by atoms with van der Waals surface area (Å²) in [5, 5.41) is 0. The maximum absolute atomic E-state index is 12.6. The van der Waals surface area contributed by atoms with E-state index in [0.717, 1.165) is 19.3 Å². The lowest BCUT2D eigenvalue weighted by Crippen LogP contribution is -2.44.